The van der Waals surface area contributed by atoms with Crippen molar-refractivity contribution < 1.29 is 9.59 Å². The molecule has 0 aromatic heterocycles. The van der Waals surface area contributed by atoms with E-state index in [9.17, 15) is 9.59 Å². The molecule has 4 nitrogen and oxygen atoms in total. The van der Waals surface area contributed by atoms with Crippen LogP contribution >= 0.6 is 0 Å². The van der Waals surface area contributed by atoms with E-state index in [-0.39, 0.29) is 17.7 Å². The van der Waals surface area contributed by atoms with E-state index in [1.807, 2.05) is 50.2 Å². The summed E-state index contributed by atoms with van der Waals surface area (Å²) >= 11 is 0. The molecule has 2 amide bonds. The standard InChI is InChI=1S/C22H28N2O2/c1-3-17(2)20(24-21(25)19-14-8-5-9-15-19)22(26)23-16-10-13-18-11-6-4-7-12-18/h4-9,11-12,14-15,17,20H,3,10,13,16H2,1-2H3,(H,23,26)(H,24,25). The summed E-state index contributed by atoms with van der Waals surface area (Å²) in [6.45, 7) is 4.61. The highest BCUT2D eigenvalue weighted by Gasteiger charge is 2.25. The topological polar surface area (TPSA) is 58.2 Å². The van der Waals surface area contributed by atoms with Crippen LogP contribution in [0, 0.1) is 5.92 Å². The highest BCUT2D eigenvalue weighted by atomic mass is 16.2. The van der Waals surface area contributed by atoms with Crippen molar-refractivity contribution in [2.75, 3.05) is 6.54 Å². The Hall–Kier alpha value is -2.62. The van der Waals surface area contributed by atoms with Crippen LogP contribution in [-0.4, -0.2) is 24.4 Å². The molecule has 2 unspecified atom stereocenters. The van der Waals surface area contributed by atoms with Crippen LogP contribution in [-0.2, 0) is 11.2 Å². The largest absolute Gasteiger partial charge is 0.354 e. The molecular weight excluding hydrogens is 324 g/mol. The third-order valence-corrected chi connectivity index (χ3v) is 4.60. The predicted molar refractivity (Wildman–Crippen MR) is 105 cm³/mol. The molecule has 2 aromatic rings. The van der Waals surface area contributed by atoms with Gasteiger partial charge in [-0.1, -0.05) is 68.8 Å². The van der Waals surface area contributed by atoms with Gasteiger partial charge in [-0.05, 0) is 36.5 Å². The Kier molecular flexibility index (Phi) is 7.87. The van der Waals surface area contributed by atoms with Gasteiger partial charge in [0.1, 0.15) is 6.04 Å². The first-order chi connectivity index (χ1) is 12.6. The average Bonchev–Trinajstić information content (AvgIpc) is 2.70. The molecule has 2 atom stereocenters. The number of carbonyl (C=O) groups is 2. The van der Waals surface area contributed by atoms with Gasteiger partial charge < -0.3 is 10.6 Å². The Morgan fingerprint density at radius 1 is 0.962 bits per heavy atom. The number of hydrogen-bond donors (Lipinski definition) is 2. The van der Waals surface area contributed by atoms with Crippen molar-refractivity contribution in [1.29, 1.82) is 0 Å². The molecule has 0 spiro atoms. The van der Waals surface area contributed by atoms with E-state index >= 15 is 0 Å². The molecule has 0 aliphatic heterocycles. The highest BCUT2D eigenvalue weighted by molar-refractivity contribution is 5.97. The molecule has 138 valence electrons. The summed E-state index contributed by atoms with van der Waals surface area (Å²) in [5.41, 5.74) is 1.83. The fraction of sp³-hybridized carbons (Fsp3) is 0.364. The number of nitrogens with one attached hydrogen (secondary N) is 2. The third kappa shape index (κ3) is 6.03. The van der Waals surface area contributed by atoms with Gasteiger partial charge >= 0.3 is 0 Å². The SMILES string of the molecule is CCC(C)C(NC(=O)c1ccccc1)C(=O)NCCCc1ccccc1. The lowest BCUT2D eigenvalue weighted by Gasteiger charge is -2.23. The van der Waals surface area contributed by atoms with E-state index in [1.54, 1.807) is 12.1 Å². The van der Waals surface area contributed by atoms with E-state index in [1.165, 1.54) is 5.56 Å². The van der Waals surface area contributed by atoms with Gasteiger partial charge in [0.25, 0.3) is 5.91 Å². The van der Waals surface area contributed by atoms with Crippen molar-refractivity contribution >= 4 is 11.8 Å². The molecule has 2 aromatic carbocycles. The lowest BCUT2D eigenvalue weighted by Crippen LogP contribution is -2.50. The smallest absolute Gasteiger partial charge is 0.251 e. The van der Waals surface area contributed by atoms with Crippen molar-refractivity contribution in [1.82, 2.24) is 10.6 Å². The summed E-state index contributed by atoms with van der Waals surface area (Å²) < 4.78 is 0. The molecule has 2 N–H and O–H groups in total. The summed E-state index contributed by atoms with van der Waals surface area (Å²) in [7, 11) is 0. The first-order valence-electron chi connectivity index (χ1n) is 9.29. The monoisotopic (exact) mass is 352 g/mol. The third-order valence-electron chi connectivity index (χ3n) is 4.60. The average molecular weight is 352 g/mol. The van der Waals surface area contributed by atoms with E-state index in [4.69, 9.17) is 0 Å². The minimum Gasteiger partial charge on any atom is -0.354 e. The quantitative estimate of drug-likeness (QED) is 0.678. The van der Waals surface area contributed by atoms with Crippen molar-refractivity contribution in [3.63, 3.8) is 0 Å². The molecule has 0 aliphatic carbocycles. The van der Waals surface area contributed by atoms with Gasteiger partial charge in [0.15, 0.2) is 0 Å². The Morgan fingerprint density at radius 2 is 1.58 bits per heavy atom. The Labute approximate surface area is 156 Å². The molecule has 0 saturated heterocycles. The molecule has 0 heterocycles. The first kappa shape index (κ1) is 19.7. The van der Waals surface area contributed by atoms with Gasteiger partial charge in [-0.2, -0.15) is 0 Å². The second kappa shape index (κ2) is 10.4. The lowest BCUT2D eigenvalue weighted by molar-refractivity contribution is -0.124. The van der Waals surface area contributed by atoms with E-state index in [2.05, 4.69) is 22.8 Å². The predicted octanol–water partition coefficient (Wildman–Crippen LogP) is 3.58. The van der Waals surface area contributed by atoms with Crippen LogP contribution in [0.3, 0.4) is 0 Å². The molecule has 0 saturated carbocycles. The van der Waals surface area contributed by atoms with Crippen molar-refractivity contribution in [2.24, 2.45) is 5.92 Å². The molecule has 4 heteroatoms. The van der Waals surface area contributed by atoms with Gasteiger partial charge in [0.05, 0.1) is 0 Å². The maximum atomic E-state index is 12.6. The molecule has 0 bridgehead atoms. The van der Waals surface area contributed by atoms with Crippen LogP contribution in [0.15, 0.2) is 60.7 Å². The van der Waals surface area contributed by atoms with Crippen LogP contribution in [0.25, 0.3) is 0 Å². The summed E-state index contributed by atoms with van der Waals surface area (Å²) in [5, 5.41) is 5.86. The van der Waals surface area contributed by atoms with Crippen LogP contribution < -0.4 is 10.6 Å². The zero-order valence-electron chi connectivity index (χ0n) is 15.6. The van der Waals surface area contributed by atoms with Gasteiger partial charge in [0, 0.05) is 12.1 Å². The van der Waals surface area contributed by atoms with Crippen LogP contribution in [0.4, 0.5) is 0 Å². The number of hydrogen-bond acceptors (Lipinski definition) is 2. The number of aryl methyl sites for hydroxylation is 1. The van der Waals surface area contributed by atoms with Crippen LogP contribution in [0.1, 0.15) is 42.6 Å². The molecule has 0 aliphatic rings. The normalized spacial score (nSPS) is 12.8. The second-order valence-corrected chi connectivity index (χ2v) is 6.58. The minimum atomic E-state index is -0.524. The minimum absolute atomic E-state index is 0.0665. The van der Waals surface area contributed by atoms with E-state index in [0.717, 1.165) is 19.3 Å². The fourth-order valence-electron chi connectivity index (χ4n) is 2.77. The zero-order chi connectivity index (χ0) is 18.8. The van der Waals surface area contributed by atoms with Gasteiger partial charge in [-0.15, -0.1) is 0 Å². The Bertz CT molecular complexity index is 686. The maximum Gasteiger partial charge on any atom is 0.251 e. The number of rotatable bonds is 9. The maximum absolute atomic E-state index is 12.6. The lowest BCUT2D eigenvalue weighted by atomic mass is 9.97. The van der Waals surface area contributed by atoms with Crippen molar-refractivity contribution in [3.8, 4) is 0 Å². The molecule has 0 fully saturated rings. The van der Waals surface area contributed by atoms with Gasteiger partial charge in [-0.25, -0.2) is 0 Å². The van der Waals surface area contributed by atoms with Crippen LogP contribution in [0.2, 0.25) is 0 Å². The van der Waals surface area contributed by atoms with Crippen LogP contribution in [0.5, 0.6) is 0 Å². The summed E-state index contributed by atoms with van der Waals surface area (Å²) in [5.74, 6) is -0.260. The summed E-state index contributed by atoms with van der Waals surface area (Å²) in [6, 6.07) is 18.7. The summed E-state index contributed by atoms with van der Waals surface area (Å²) in [6.07, 6.45) is 2.61. The fourth-order valence-corrected chi connectivity index (χ4v) is 2.77. The molecule has 2 rings (SSSR count). The second-order valence-electron chi connectivity index (χ2n) is 6.58. The van der Waals surface area contributed by atoms with Gasteiger partial charge in [-0.3, -0.25) is 9.59 Å². The van der Waals surface area contributed by atoms with Gasteiger partial charge in [0.2, 0.25) is 5.91 Å². The highest BCUT2D eigenvalue weighted by Crippen LogP contribution is 2.10. The van der Waals surface area contributed by atoms with Crippen molar-refractivity contribution in [2.45, 2.75) is 39.2 Å². The number of carbonyl (C=O) groups excluding carboxylic acids is 2. The van der Waals surface area contributed by atoms with Crippen molar-refractivity contribution in [3.05, 3.63) is 71.8 Å². The Balaban J connectivity index is 1.87. The molecule has 26 heavy (non-hydrogen) atoms. The molecule has 0 radical (unpaired) electrons. The zero-order valence-corrected chi connectivity index (χ0v) is 15.6. The van der Waals surface area contributed by atoms with E-state index < -0.39 is 6.04 Å². The molecular formula is C22H28N2O2. The van der Waals surface area contributed by atoms with E-state index in [0.29, 0.717) is 12.1 Å². The number of amides is 2. The summed E-state index contributed by atoms with van der Waals surface area (Å²) in [4.78, 5) is 25.0. The first-order valence-corrected chi connectivity index (χ1v) is 9.29. The number of benzene rings is 2. The Morgan fingerprint density at radius 3 is 2.19 bits per heavy atom.